The maximum Gasteiger partial charge on any atom is 0.269 e. The largest absolute Gasteiger partial charge is 0.384 e. The predicted octanol–water partition coefficient (Wildman–Crippen LogP) is 0.950. The Morgan fingerprint density at radius 1 is 1.75 bits per heavy atom. The lowest BCUT2D eigenvalue weighted by molar-refractivity contribution is 0.0942. The van der Waals surface area contributed by atoms with Gasteiger partial charge in [-0.1, -0.05) is 15.9 Å². The number of carbonyl (C=O) groups excluding carboxylic acids is 1. The maximum absolute atomic E-state index is 11.6. The fourth-order valence-corrected chi connectivity index (χ4v) is 1.79. The van der Waals surface area contributed by atoms with Crippen molar-refractivity contribution >= 4 is 21.8 Å². The lowest BCUT2D eigenvalue weighted by Gasteiger charge is -2.09. The number of halogens is 1. The zero-order valence-electron chi connectivity index (χ0n) is 9.44. The van der Waals surface area contributed by atoms with Crippen LogP contribution in [0.25, 0.3) is 0 Å². The highest BCUT2D eigenvalue weighted by atomic mass is 79.9. The number of ether oxygens (including phenoxy) is 1. The number of hydrogen-bond acceptors (Lipinski definition) is 3. The number of aryl methyl sites for hydroxylation is 1. The molecule has 0 fully saturated rings. The molecule has 1 rings (SSSR count). The normalized spacial score (nSPS) is 12.4. The minimum atomic E-state index is -0.0999. The zero-order chi connectivity index (χ0) is 12.0. The van der Waals surface area contributed by atoms with Crippen LogP contribution in [-0.2, 0) is 11.8 Å². The first-order valence-corrected chi connectivity index (χ1v) is 5.96. The van der Waals surface area contributed by atoms with Crippen LogP contribution in [-0.4, -0.2) is 40.8 Å². The van der Waals surface area contributed by atoms with Gasteiger partial charge in [-0.2, -0.15) is 5.10 Å². The summed E-state index contributed by atoms with van der Waals surface area (Å²) in [6, 6.07) is 1.69. The summed E-state index contributed by atoms with van der Waals surface area (Å²) in [6.07, 6.45) is 2.44. The van der Waals surface area contributed by atoms with Gasteiger partial charge in [0.05, 0.1) is 6.61 Å². The van der Waals surface area contributed by atoms with E-state index in [0.717, 1.165) is 6.42 Å². The summed E-state index contributed by atoms with van der Waals surface area (Å²) < 4.78 is 6.53. The highest BCUT2D eigenvalue weighted by Gasteiger charge is 2.10. The molecule has 1 atom stereocenters. The van der Waals surface area contributed by atoms with Gasteiger partial charge in [0.25, 0.3) is 5.91 Å². The smallest absolute Gasteiger partial charge is 0.269 e. The van der Waals surface area contributed by atoms with Gasteiger partial charge in [-0.05, 0) is 12.5 Å². The number of nitrogens with zero attached hydrogens (tertiary/aromatic N) is 2. The fraction of sp³-hybridized carbons (Fsp3) is 0.600. The van der Waals surface area contributed by atoms with E-state index in [-0.39, 0.29) is 10.7 Å². The number of nitrogens with one attached hydrogen (secondary N) is 1. The zero-order valence-corrected chi connectivity index (χ0v) is 11.0. The van der Waals surface area contributed by atoms with E-state index >= 15 is 0 Å². The van der Waals surface area contributed by atoms with E-state index < -0.39 is 0 Å². The van der Waals surface area contributed by atoms with E-state index in [1.807, 2.05) is 0 Å². The third-order valence-corrected chi connectivity index (χ3v) is 2.87. The number of methoxy groups -OCH3 is 1. The van der Waals surface area contributed by atoms with Crippen LogP contribution in [0.1, 0.15) is 16.9 Å². The summed E-state index contributed by atoms with van der Waals surface area (Å²) in [7, 11) is 3.40. The Morgan fingerprint density at radius 3 is 3.06 bits per heavy atom. The molecule has 6 heteroatoms. The van der Waals surface area contributed by atoms with E-state index in [4.69, 9.17) is 4.74 Å². The van der Waals surface area contributed by atoms with E-state index in [0.29, 0.717) is 18.8 Å². The lowest BCUT2D eigenvalue weighted by Crippen LogP contribution is -2.28. The van der Waals surface area contributed by atoms with Crippen molar-refractivity contribution in [3.05, 3.63) is 18.0 Å². The first-order valence-electron chi connectivity index (χ1n) is 5.04. The molecule has 0 saturated carbocycles. The van der Waals surface area contributed by atoms with Crippen LogP contribution >= 0.6 is 15.9 Å². The SMILES string of the molecule is COCC(Br)CCNC(=O)c1ccnn1C. The molecule has 0 aliphatic carbocycles. The summed E-state index contributed by atoms with van der Waals surface area (Å²) in [6.45, 7) is 1.25. The minimum Gasteiger partial charge on any atom is -0.384 e. The average molecular weight is 290 g/mol. The number of carbonyl (C=O) groups is 1. The number of amides is 1. The fourth-order valence-electron chi connectivity index (χ4n) is 1.29. The Morgan fingerprint density at radius 2 is 2.50 bits per heavy atom. The predicted molar refractivity (Wildman–Crippen MR) is 64.7 cm³/mol. The summed E-state index contributed by atoms with van der Waals surface area (Å²) in [5, 5.41) is 6.77. The number of rotatable bonds is 6. The van der Waals surface area contributed by atoms with Gasteiger partial charge in [-0.25, -0.2) is 0 Å². The maximum atomic E-state index is 11.6. The Bertz CT molecular complexity index is 341. The highest BCUT2D eigenvalue weighted by molar-refractivity contribution is 9.09. The molecule has 0 radical (unpaired) electrons. The van der Waals surface area contributed by atoms with E-state index in [9.17, 15) is 4.79 Å². The molecule has 1 heterocycles. The molecular formula is C10H16BrN3O2. The highest BCUT2D eigenvalue weighted by Crippen LogP contribution is 2.04. The molecule has 0 bridgehead atoms. The monoisotopic (exact) mass is 289 g/mol. The van der Waals surface area contributed by atoms with Gasteiger partial charge >= 0.3 is 0 Å². The number of alkyl halides is 1. The molecule has 5 nitrogen and oxygen atoms in total. The van der Waals surface area contributed by atoms with Gasteiger partial charge in [-0.15, -0.1) is 0 Å². The summed E-state index contributed by atoms with van der Waals surface area (Å²) >= 11 is 3.46. The van der Waals surface area contributed by atoms with Gasteiger partial charge in [0, 0.05) is 31.7 Å². The number of hydrogen-bond donors (Lipinski definition) is 1. The molecule has 1 amide bonds. The molecule has 1 unspecified atom stereocenters. The van der Waals surface area contributed by atoms with Crippen LogP contribution in [0.4, 0.5) is 0 Å². The summed E-state index contributed by atoms with van der Waals surface area (Å²) in [5.74, 6) is -0.0999. The Labute approximate surface area is 103 Å². The molecule has 1 aromatic rings. The second-order valence-corrected chi connectivity index (χ2v) is 4.73. The summed E-state index contributed by atoms with van der Waals surface area (Å²) in [5.41, 5.74) is 0.567. The Hall–Kier alpha value is -0.880. The standard InChI is InChI=1S/C10H16BrN3O2/c1-14-9(4-6-13-14)10(15)12-5-3-8(11)7-16-2/h4,6,8H,3,5,7H2,1-2H3,(H,12,15). The van der Waals surface area contributed by atoms with Gasteiger partial charge in [0.2, 0.25) is 0 Å². The van der Waals surface area contributed by atoms with Crippen molar-refractivity contribution in [3.8, 4) is 0 Å². The van der Waals surface area contributed by atoms with Crippen molar-refractivity contribution in [1.82, 2.24) is 15.1 Å². The van der Waals surface area contributed by atoms with E-state index in [1.165, 1.54) is 0 Å². The molecule has 1 N–H and O–H groups in total. The van der Waals surface area contributed by atoms with Crippen LogP contribution < -0.4 is 5.32 Å². The molecule has 0 aliphatic rings. The summed E-state index contributed by atoms with van der Waals surface area (Å²) in [4.78, 5) is 11.9. The Balaban J connectivity index is 2.29. The molecule has 0 spiro atoms. The van der Waals surface area contributed by atoms with Gasteiger partial charge in [0.15, 0.2) is 0 Å². The third kappa shape index (κ3) is 3.94. The third-order valence-electron chi connectivity index (χ3n) is 2.14. The first kappa shape index (κ1) is 13.2. The topological polar surface area (TPSA) is 56.1 Å². The van der Waals surface area contributed by atoms with Gasteiger partial charge < -0.3 is 10.1 Å². The van der Waals surface area contributed by atoms with Crippen molar-refractivity contribution in [2.45, 2.75) is 11.2 Å². The molecule has 0 saturated heterocycles. The van der Waals surface area contributed by atoms with Crippen molar-refractivity contribution in [2.24, 2.45) is 7.05 Å². The number of aromatic nitrogens is 2. The first-order chi connectivity index (χ1) is 7.65. The van der Waals surface area contributed by atoms with Crippen LogP contribution in [0.15, 0.2) is 12.3 Å². The second kappa shape index (κ2) is 6.65. The van der Waals surface area contributed by atoms with Crippen molar-refractivity contribution in [1.29, 1.82) is 0 Å². The van der Waals surface area contributed by atoms with E-state index in [2.05, 4.69) is 26.3 Å². The molecule has 0 aromatic carbocycles. The van der Waals surface area contributed by atoms with Crippen molar-refractivity contribution in [2.75, 3.05) is 20.3 Å². The van der Waals surface area contributed by atoms with Gasteiger partial charge in [-0.3, -0.25) is 9.48 Å². The Kier molecular flexibility index (Phi) is 5.48. The molecule has 16 heavy (non-hydrogen) atoms. The average Bonchev–Trinajstić information content (AvgIpc) is 2.64. The lowest BCUT2D eigenvalue weighted by atomic mass is 10.3. The van der Waals surface area contributed by atoms with Crippen LogP contribution in [0.5, 0.6) is 0 Å². The van der Waals surface area contributed by atoms with Crippen molar-refractivity contribution < 1.29 is 9.53 Å². The molecule has 0 aliphatic heterocycles. The van der Waals surface area contributed by atoms with Crippen LogP contribution in [0, 0.1) is 0 Å². The molecular weight excluding hydrogens is 274 g/mol. The molecule has 90 valence electrons. The van der Waals surface area contributed by atoms with Gasteiger partial charge in [0.1, 0.15) is 5.69 Å². The van der Waals surface area contributed by atoms with Crippen LogP contribution in [0.2, 0.25) is 0 Å². The second-order valence-electron chi connectivity index (χ2n) is 3.44. The van der Waals surface area contributed by atoms with E-state index in [1.54, 1.807) is 31.1 Å². The van der Waals surface area contributed by atoms with Crippen LogP contribution in [0.3, 0.4) is 0 Å². The van der Waals surface area contributed by atoms with Crippen molar-refractivity contribution in [3.63, 3.8) is 0 Å². The quantitative estimate of drug-likeness (QED) is 0.794. The minimum absolute atomic E-state index is 0.0999. The molecule has 1 aromatic heterocycles.